The number of carboxylic acid groups (broad SMARTS) is 1. The number of rotatable bonds is 5. The number of piperidine rings is 1. The molecule has 2 aliphatic rings. The van der Waals surface area contributed by atoms with Crippen molar-refractivity contribution in [3.63, 3.8) is 0 Å². The first-order valence-corrected chi connectivity index (χ1v) is 14.5. The van der Waals surface area contributed by atoms with Gasteiger partial charge in [0.05, 0.1) is 23.8 Å². The van der Waals surface area contributed by atoms with Crippen molar-refractivity contribution >= 4 is 40.2 Å². The first-order chi connectivity index (χ1) is 19.8. The maximum absolute atomic E-state index is 15.7. The second-order valence-electron chi connectivity index (χ2n) is 12.5. The summed E-state index contributed by atoms with van der Waals surface area (Å²) in [5.41, 5.74) is 2.16. The second-order valence-corrected chi connectivity index (χ2v) is 12.9. The molecule has 6 rings (SSSR count). The molecule has 12 heteroatoms. The standard InChI is InChI=1S/C30H33ClF2N6O3/c1-16-25(23-10-18-7-8-24(31)34-27(18)37(23)12-17-5-6-17)35-38-13-19(9-22(33)26(16)38)28(40)36-14-20(32)11-21(15-36)39(29(41)42)30(2,3)4/h7-10,13,17,20-21H,5-6,11-12,14-15H2,1-4H3,(H,41,42)/t20-,21-/m1/s1. The number of halogens is 3. The summed E-state index contributed by atoms with van der Waals surface area (Å²) in [4.78, 5) is 32.6. The van der Waals surface area contributed by atoms with E-state index in [1.807, 2.05) is 12.1 Å². The van der Waals surface area contributed by atoms with E-state index >= 15 is 4.39 Å². The minimum absolute atomic E-state index is 0.00267. The fraction of sp³-hybridized carbons (Fsp3) is 0.467. The van der Waals surface area contributed by atoms with Gasteiger partial charge >= 0.3 is 6.09 Å². The van der Waals surface area contributed by atoms with Crippen LogP contribution in [0.25, 0.3) is 27.9 Å². The van der Waals surface area contributed by atoms with Crippen LogP contribution < -0.4 is 0 Å². The Labute approximate surface area is 246 Å². The van der Waals surface area contributed by atoms with Crippen molar-refractivity contribution in [3.8, 4) is 11.4 Å². The Hall–Kier alpha value is -3.73. The van der Waals surface area contributed by atoms with Gasteiger partial charge in [0.15, 0.2) is 0 Å². The molecule has 0 bridgehead atoms. The largest absolute Gasteiger partial charge is 0.465 e. The molecule has 1 N–H and O–H groups in total. The second kappa shape index (κ2) is 10.2. The first kappa shape index (κ1) is 28.4. The molecule has 1 aliphatic heterocycles. The van der Waals surface area contributed by atoms with Crippen LogP contribution in [0.3, 0.4) is 0 Å². The Morgan fingerprint density at radius 2 is 1.93 bits per heavy atom. The lowest BCUT2D eigenvalue weighted by Crippen LogP contribution is -2.59. The van der Waals surface area contributed by atoms with Crippen LogP contribution in [0.1, 0.15) is 56.0 Å². The number of amides is 2. The van der Waals surface area contributed by atoms with Crippen LogP contribution in [0, 0.1) is 18.7 Å². The van der Waals surface area contributed by atoms with E-state index in [0.717, 1.165) is 42.2 Å². The minimum atomic E-state index is -1.42. The fourth-order valence-corrected chi connectivity index (χ4v) is 6.36. The van der Waals surface area contributed by atoms with Gasteiger partial charge in [-0.05, 0) is 70.7 Å². The first-order valence-electron chi connectivity index (χ1n) is 14.1. The van der Waals surface area contributed by atoms with Crippen LogP contribution >= 0.6 is 11.6 Å². The topological polar surface area (TPSA) is 96.0 Å². The number of aromatic nitrogens is 4. The third-order valence-corrected chi connectivity index (χ3v) is 8.42. The predicted molar refractivity (Wildman–Crippen MR) is 155 cm³/mol. The molecule has 222 valence electrons. The number of hydrogen-bond donors (Lipinski definition) is 1. The molecule has 0 unspecified atom stereocenters. The maximum Gasteiger partial charge on any atom is 0.408 e. The molecule has 2 fully saturated rings. The highest BCUT2D eigenvalue weighted by atomic mass is 35.5. The number of likely N-dealkylation sites (tertiary alicyclic amines) is 1. The van der Waals surface area contributed by atoms with Gasteiger partial charge in [0, 0.05) is 42.2 Å². The smallest absolute Gasteiger partial charge is 0.408 e. The SMILES string of the molecule is Cc1c(-c2cc3ccc(Cl)nc3n2CC2CC2)nn2cc(C(=O)N3C[C@H](F)C[C@@H](N(C(=O)O)C(C)(C)C)C3)cc(F)c12. The lowest BCUT2D eigenvalue weighted by atomic mass is 9.96. The number of alkyl halides is 1. The van der Waals surface area contributed by atoms with Crippen LogP contribution in [-0.4, -0.2) is 76.9 Å². The van der Waals surface area contributed by atoms with E-state index in [2.05, 4.69) is 9.55 Å². The Balaban J connectivity index is 1.37. The molecule has 5 heterocycles. The van der Waals surface area contributed by atoms with Gasteiger partial charge in [0.25, 0.3) is 5.91 Å². The van der Waals surface area contributed by atoms with E-state index in [-0.39, 0.29) is 30.6 Å². The summed E-state index contributed by atoms with van der Waals surface area (Å²) < 4.78 is 34.0. The minimum Gasteiger partial charge on any atom is -0.465 e. The number of nitrogens with zero attached hydrogens (tertiary/aromatic N) is 6. The molecule has 1 saturated carbocycles. The number of hydrogen-bond acceptors (Lipinski definition) is 4. The number of pyridine rings is 2. The van der Waals surface area contributed by atoms with Gasteiger partial charge in [-0.15, -0.1) is 0 Å². The van der Waals surface area contributed by atoms with Crippen molar-refractivity contribution < 1.29 is 23.5 Å². The van der Waals surface area contributed by atoms with E-state index in [0.29, 0.717) is 22.3 Å². The highest BCUT2D eigenvalue weighted by Gasteiger charge is 2.40. The van der Waals surface area contributed by atoms with E-state index in [1.54, 1.807) is 33.8 Å². The highest BCUT2D eigenvalue weighted by molar-refractivity contribution is 6.29. The summed E-state index contributed by atoms with van der Waals surface area (Å²) in [6.07, 6.45) is 1.09. The molecule has 0 aromatic carbocycles. The molecule has 42 heavy (non-hydrogen) atoms. The number of aryl methyl sites for hydroxylation is 1. The normalized spacial score (nSPS) is 19.5. The number of carbonyl (C=O) groups excluding carboxylic acids is 1. The van der Waals surface area contributed by atoms with E-state index in [4.69, 9.17) is 16.7 Å². The molecule has 4 aromatic rings. The zero-order chi connectivity index (χ0) is 30.1. The molecular weight excluding hydrogens is 566 g/mol. The van der Waals surface area contributed by atoms with Crippen molar-refractivity contribution in [2.45, 2.75) is 71.3 Å². The van der Waals surface area contributed by atoms with E-state index < -0.39 is 35.6 Å². The molecule has 2 amide bonds. The fourth-order valence-electron chi connectivity index (χ4n) is 6.22. The van der Waals surface area contributed by atoms with Crippen LogP contribution in [0.2, 0.25) is 5.15 Å². The zero-order valence-electron chi connectivity index (χ0n) is 23.9. The summed E-state index contributed by atoms with van der Waals surface area (Å²) in [6.45, 7) is 7.52. The number of fused-ring (bicyclic) bond motifs is 2. The van der Waals surface area contributed by atoms with Gasteiger partial charge in [-0.3, -0.25) is 9.69 Å². The van der Waals surface area contributed by atoms with Crippen molar-refractivity contribution in [2.75, 3.05) is 13.1 Å². The van der Waals surface area contributed by atoms with Crippen LogP contribution in [0.15, 0.2) is 30.5 Å². The van der Waals surface area contributed by atoms with Crippen LogP contribution in [0.5, 0.6) is 0 Å². The summed E-state index contributed by atoms with van der Waals surface area (Å²) in [5.74, 6) is -0.685. The van der Waals surface area contributed by atoms with Gasteiger partial charge in [0.2, 0.25) is 0 Å². The van der Waals surface area contributed by atoms with Crippen LogP contribution in [0.4, 0.5) is 13.6 Å². The summed E-state index contributed by atoms with van der Waals surface area (Å²) in [6, 6.07) is 6.01. The molecule has 0 radical (unpaired) electrons. The summed E-state index contributed by atoms with van der Waals surface area (Å²) in [5, 5.41) is 15.8. The Morgan fingerprint density at radius 1 is 1.19 bits per heavy atom. The van der Waals surface area contributed by atoms with Gasteiger partial charge in [0.1, 0.15) is 34.0 Å². The summed E-state index contributed by atoms with van der Waals surface area (Å²) >= 11 is 6.21. The molecule has 9 nitrogen and oxygen atoms in total. The molecule has 1 saturated heterocycles. The molecule has 2 atom stereocenters. The van der Waals surface area contributed by atoms with Crippen LogP contribution in [-0.2, 0) is 6.54 Å². The van der Waals surface area contributed by atoms with Crippen molar-refractivity contribution in [2.24, 2.45) is 5.92 Å². The third-order valence-electron chi connectivity index (χ3n) is 8.21. The highest BCUT2D eigenvalue weighted by Crippen LogP contribution is 2.37. The third kappa shape index (κ3) is 5.08. The van der Waals surface area contributed by atoms with Gasteiger partial charge < -0.3 is 14.6 Å². The maximum atomic E-state index is 15.7. The van der Waals surface area contributed by atoms with E-state index in [1.165, 1.54) is 20.5 Å². The van der Waals surface area contributed by atoms with Crippen molar-refractivity contribution in [1.82, 2.24) is 29.0 Å². The predicted octanol–water partition coefficient (Wildman–Crippen LogP) is 6.19. The number of carbonyl (C=O) groups is 2. The molecular formula is C30H33ClF2N6O3. The van der Waals surface area contributed by atoms with Gasteiger partial charge in [-0.2, -0.15) is 5.10 Å². The Bertz CT molecular complexity index is 1720. The molecule has 4 aromatic heterocycles. The Kier molecular flexibility index (Phi) is 6.91. The lowest BCUT2D eigenvalue weighted by molar-refractivity contribution is 0.0125. The van der Waals surface area contributed by atoms with E-state index in [9.17, 15) is 19.1 Å². The average molecular weight is 599 g/mol. The van der Waals surface area contributed by atoms with Crippen molar-refractivity contribution in [3.05, 3.63) is 52.6 Å². The quantitative estimate of drug-likeness (QED) is 0.276. The van der Waals surface area contributed by atoms with Crippen molar-refractivity contribution in [1.29, 1.82) is 0 Å². The van der Waals surface area contributed by atoms with Gasteiger partial charge in [-0.1, -0.05) is 11.6 Å². The summed E-state index contributed by atoms with van der Waals surface area (Å²) in [7, 11) is 0. The lowest BCUT2D eigenvalue weighted by Gasteiger charge is -2.45. The zero-order valence-corrected chi connectivity index (χ0v) is 24.7. The molecule has 1 aliphatic carbocycles. The Morgan fingerprint density at radius 3 is 2.60 bits per heavy atom. The molecule has 0 spiro atoms. The monoisotopic (exact) mass is 598 g/mol. The van der Waals surface area contributed by atoms with Gasteiger partial charge in [-0.25, -0.2) is 23.1 Å². The average Bonchev–Trinajstić information content (AvgIpc) is 3.56.